The number of morpholine rings is 1. The van der Waals surface area contributed by atoms with Crippen molar-refractivity contribution in [3.05, 3.63) is 35.1 Å². The van der Waals surface area contributed by atoms with Crippen LogP contribution in [0.25, 0.3) is 0 Å². The first-order chi connectivity index (χ1) is 9.08. The molecule has 1 heterocycles. The molecule has 0 aromatic heterocycles. The number of aryl methyl sites for hydroxylation is 1. The summed E-state index contributed by atoms with van der Waals surface area (Å²) in [5, 5.41) is 5.94. The maximum absolute atomic E-state index is 13.5. The topological polar surface area (TPSA) is 50.4 Å². The van der Waals surface area contributed by atoms with Gasteiger partial charge >= 0.3 is 0 Å². The minimum Gasteiger partial charge on any atom is -0.366 e. The number of ether oxygens (including phenoxy) is 1. The fourth-order valence-corrected chi connectivity index (χ4v) is 2.00. The molecule has 1 amide bonds. The summed E-state index contributed by atoms with van der Waals surface area (Å²) in [4.78, 5) is 12.0. The monoisotopic (exact) mass is 302 g/mol. The molecule has 4 nitrogen and oxygen atoms in total. The molecule has 0 bridgehead atoms. The Morgan fingerprint density at radius 2 is 2.30 bits per heavy atom. The summed E-state index contributed by atoms with van der Waals surface area (Å²) >= 11 is 0. The van der Waals surface area contributed by atoms with E-state index in [4.69, 9.17) is 4.74 Å². The van der Waals surface area contributed by atoms with Gasteiger partial charge in [-0.1, -0.05) is 12.1 Å². The molecular weight excluding hydrogens is 283 g/mol. The highest BCUT2D eigenvalue weighted by molar-refractivity contribution is 5.85. The van der Waals surface area contributed by atoms with E-state index in [0.29, 0.717) is 18.7 Å². The van der Waals surface area contributed by atoms with Gasteiger partial charge in [-0.05, 0) is 31.0 Å². The largest absolute Gasteiger partial charge is 0.366 e. The van der Waals surface area contributed by atoms with Crippen LogP contribution in [0.5, 0.6) is 0 Å². The number of nitrogens with one attached hydrogen (secondary N) is 2. The Hall–Kier alpha value is -1.17. The van der Waals surface area contributed by atoms with E-state index in [1.165, 1.54) is 6.07 Å². The average Bonchev–Trinajstić information content (AvgIpc) is 2.42. The second-order valence-corrected chi connectivity index (χ2v) is 4.80. The van der Waals surface area contributed by atoms with E-state index in [1.54, 1.807) is 13.0 Å². The van der Waals surface area contributed by atoms with Crippen molar-refractivity contribution < 1.29 is 13.9 Å². The molecule has 2 atom stereocenters. The van der Waals surface area contributed by atoms with E-state index in [-0.39, 0.29) is 30.2 Å². The zero-order valence-corrected chi connectivity index (χ0v) is 12.4. The highest BCUT2D eigenvalue weighted by Crippen LogP contribution is 2.16. The van der Waals surface area contributed by atoms with Crippen molar-refractivity contribution in [3.8, 4) is 0 Å². The smallest absolute Gasteiger partial charge is 0.250 e. The molecule has 1 saturated heterocycles. The maximum atomic E-state index is 13.5. The number of hydrogen-bond acceptors (Lipinski definition) is 3. The normalized spacial score (nSPS) is 19.9. The molecule has 6 heteroatoms. The lowest BCUT2D eigenvalue weighted by Crippen LogP contribution is -2.48. The second-order valence-electron chi connectivity index (χ2n) is 4.80. The maximum Gasteiger partial charge on any atom is 0.250 e. The molecule has 0 spiro atoms. The minimum absolute atomic E-state index is 0. The van der Waals surface area contributed by atoms with E-state index in [0.717, 1.165) is 12.1 Å². The number of hydrogen-bond donors (Lipinski definition) is 2. The molecule has 2 N–H and O–H groups in total. The Labute approximate surface area is 124 Å². The second kappa shape index (κ2) is 7.57. The number of rotatable bonds is 3. The molecule has 1 aliphatic rings. The van der Waals surface area contributed by atoms with Gasteiger partial charge in [0.2, 0.25) is 0 Å². The molecule has 1 aromatic carbocycles. The molecule has 1 aromatic rings. The lowest BCUT2D eigenvalue weighted by Gasteiger charge is -2.24. The Morgan fingerprint density at radius 3 is 2.90 bits per heavy atom. The first-order valence-electron chi connectivity index (χ1n) is 6.46. The van der Waals surface area contributed by atoms with E-state index >= 15 is 0 Å². The molecule has 1 aliphatic heterocycles. The Balaban J connectivity index is 0.00000200. The fourth-order valence-electron chi connectivity index (χ4n) is 2.00. The molecular formula is C14H20ClFN2O2. The van der Waals surface area contributed by atoms with E-state index in [1.807, 2.05) is 13.0 Å². The summed E-state index contributed by atoms with van der Waals surface area (Å²) in [6.07, 6.45) is -0.466. The quantitative estimate of drug-likeness (QED) is 0.894. The zero-order valence-electron chi connectivity index (χ0n) is 11.6. The van der Waals surface area contributed by atoms with Crippen LogP contribution in [0.1, 0.15) is 24.1 Å². The van der Waals surface area contributed by atoms with Crippen LogP contribution in [0.2, 0.25) is 0 Å². The van der Waals surface area contributed by atoms with Gasteiger partial charge in [-0.3, -0.25) is 4.79 Å². The number of halogens is 2. The van der Waals surface area contributed by atoms with Gasteiger partial charge in [0.25, 0.3) is 5.91 Å². The summed E-state index contributed by atoms with van der Waals surface area (Å²) in [7, 11) is 0. The molecule has 2 rings (SSSR count). The van der Waals surface area contributed by atoms with Gasteiger partial charge in [0, 0.05) is 13.1 Å². The van der Waals surface area contributed by atoms with Crippen molar-refractivity contribution in [2.75, 3.05) is 19.7 Å². The molecule has 20 heavy (non-hydrogen) atoms. The summed E-state index contributed by atoms with van der Waals surface area (Å²) in [6, 6.07) is 4.75. The van der Waals surface area contributed by atoms with Crippen LogP contribution >= 0.6 is 12.4 Å². The van der Waals surface area contributed by atoms with Gasteiger partial charge in [0.1, 0.15) is 11.9 Å². The van der Waals surface area contributed by atoms with Crippen LogP contribution in [0.3, 0.4) is 0 Å². The van der Waals surface area contributed by atoms with Crippen molar-refractivity contribution in [1.29, 1.82) is 0 Å². The predicted octanol–water partition coefficient (Wildman–Crippen LogP) is 1.72. The summed E-state index contributed by atoms with van der Waals surface area (Å²) in [5.74, 6) is -0.421. The van der Waals surface area contributed by atoms with Crippen molar-refractivity contribution >= 4 is 18.3 Å². The molecule has 0 saturated carbocycles. The van der Waals surface area contributed by atoms with E-state index in [2.05, 4.69) is 10.6 Å². The van der Waals surface area contributed by atoms with Gasteiger partial charge in [0.15, 0.2) is 0 Å². The highest BCUT2D eigenvalue weighted by Gasteiger charge is 2.23. The molecule has 0 aliphatic carbocycles. The number of carbonyl (C=O) groups excluding carboxylic acids is 1. The Kier molecular flexibility index (Phi) is 6.39. The van der Waals surface area contributed by atoms with Gasteiger partial charge in [-0.15, -0.1) is 12.4 Å². The molecule has 0 radical (unpaired) electrons. The van der Waals surface area contributed by atoms with Crippen LogP contribution in [0.15, 0.2) is 18.2 Å². The van der Waals surface area contributed by atoms with Crippen molar-refractivity contribution in [3.63, 3.8) is 0 Å². The molecule has 2 unspecified atom stereocenters. The van der Waals surface area contributed by atoms with Crippen LogP contribution in [0, 0.1) is 12.7 Å². The van der Waals surface area contributed by atoms with Gasteiger partial charge in [-0.2, -0.15) is 0 Å². The zero-order chi connectivity index (χ0) is 13.8. The average molecular weight is 303 g/mol. The first-order valence-corrected chi connectivity index (χ1v) is 6.46. The standard InChI is InChI=1S/C14H19FN2O2.ClH/c1-9-3-4-11(7-12(9)15)10(2)17-14(18)13-8-16-5-6-19-13;/h3-4,7,10,13,16H,5-6,8H2,1-2H3,(H,17,18);1H. The highest BCUT2D eigenvalue weighted by atomic mass is 35.5. The lowest BCUT2D eigenvalue weighted by molar-refractivity contribution is -0.134. The fraction of sp³-hybridized carbons (Fsp3) is 0.500. The van der Waals surface area contributed by atoms with E-state index < -0.39 is 6.10 Å². The van der Waals surface area contributed by atoms with Crippen LogP contribution in [0.4, 0.5) is 4.39 Å². The lowest BCUT2D eigenvalue weighted by atomic mass is 10.1. The predicted molar refractivity (Wildman–Crippen MR) is 77.6 cm³/mol. The minimum atomic E-state index is -0.466. The van der Waals surface area contributed by atoms with Crippen molar-refractivity contribution in [2.45, 2.75) is 26.0 Å². The Bertz CT molecular complexity index is 464. The summed E-state index contributed by atoms with van der Waals surface area (Å²) in [6.45, 7) is 5.36. The summed E-state index contributed by atoms with van der Waals surface area (Å²) in [5.41, 5.74) is 1.35. The van der Waals surface area contributed by atoms with Crippen LogP contribution in [-0.2, 0) is 9.53 Å². The summed E-state index contributed by atoms with van der Waals surface area (Å²) < 4.78 is 18.9. The number of amides is 1. The third-order valence-corrected chi connectivity index (χ3v) is 3.27. The molecule has 1 fully saturated rings. The van der Waals surface area contributed by atoms with Gasteiger partial charge in [-0.25, -0.2) is 4.39 Å². The Morgan fingerprint density at radius 1 is 1.55 bits per heavy atom. The number of carbonyl (C=O) groups is 1. The van der Waals surface area contributed by atoms with E-state index in [9.17, 15) is 9.18 Å². The van der Waals surface area contributed by atoms with Crippen LogP contribution < -0.4 is 10.6 Å². The van der Waals surface area contributed by atoms with Crippen LogP contribution in [-0.4, -0.2) is 31.7 Å². The number of benzene rings is 1. The van der Waals surface area contributed by atoms with Crippen molar-refractivity contribution in [1.82, 2.24) is 10.6 Å². The third-order valence-electron chi connectivity index (χ3n) is 3.27. The first kappa shape index (κ1) is 16.9. The van der Waals surface area contributed by atoms with Gasteiger partial charge < -0.3 is 15.4 Å². The van der Waals surface area contributed by atoms with Gasteiger partial charge in [0.05, 0.1) is 12.6 Å². The third kappa shape index (κ3) is 4.16. The van der Waals surface area contributed by atoms with Crippen molar-refractivity contribution in [2.24, 2.45) is 0 Å². The SMILES string of the molecule is Cc1ccc(C(C)NC(=O)C2CNCCO2)cc1F.Cl. The molecule has 112 valence electrons.